The largest absolute Gasteiger partial charge is 0.481 e. The summed E-state index contributed by atoms with van der Waals surface area (Å²) in [5, 5.41) is 21.9. The first-order valence-electron chi connectivity index (χ1n) is 6.28. The van der Waals surface area contributed by atoms with Crippen LogP contribution in [0.1, 0.15) is 25.7 Å². The van der Waals surface area contributed by atoms with Crippen molar-refractivity contribution in [3.63, 3.8) is 0 Å². The monoisotopic (exact) mass is 304 g/mol. The molecule has 10 nitrogen and oxygen atoms in total. The number of carboxylic acid groups (broad SMARTS) is 2. The van der Waals surface area contributed by atoms with Gasteiger partial charge in [-0.15, -0.1) is 0 Å². The first kappa shape index (κ1) is 18.6. The van der Waals surface area contributed by atoms with Crippen molar-refractivity contribution in [3.8, 4) is 0 Å². The lowest BCUT2D eigenvalue weighted by molar-refractivity contribution is -0.143. The van der Waals surface area contributed by atoms with Crippen LogP contribution in [0.4, 0.5) is 4.79 Å². The van der Waals surface area contributed by atoms with E-state index in [1.54, 1.807) is 0 Å². The third-order valence-electron chi connectivity index (χ3n) is 2.59. The van der Waals surface area contributed by atoms with Gasteiger partial charge in [0.1, 0.15) is 6.04 Å². The number of primary amides is 1. The Morgan fingerprint density at radius 3 is 2.19 bits per heavy atom. The Balaban J connectivity index is 4.18. The second kappa shape index (κ2) is 9.53. The fourth-order valence-electron chi connectivity index (χ4n) is 1.47. The van der Waals surface area contributed by atoms with Crippen LogP contribution < -0.4 is 22.1 Å². The number of nitrogens with one attached hydrogen (secondary N) is 2. The van der Waals surface area contributed by atoms with Crippen LogP contribution >= 0.6 is 0 Å². The maximum atomic E-state index is 11.7. The molecule has 10 heteroatoms. The van der Waals surface area contributed by atoms with Gasteiger partial charge in [-0.05, 0) is 19.3 Å². The number of hydrogen-bond acceptors (Lipinski definition) is 5. The van der Waals surface area contributed by atoms with Crippen molar-refractivity contribution in [3.05, 3.63) is 0 Å². The molecule has 0 heterocycles. The molecule has 0 unspecified atom stereocenters. The van der Waals surface area contributed by atoms with Gasteiger partial charge in [0, 0.05) is 13.0 Å². The molecule has 0 aliphatic rings. The van der Waals surface area contributed by atoms with Crippen LogP contribution in [0.25, 0.3) is 0 Å². The number of carbonyl (C=O) groups excluding carboxylic acids is 2. The van der Waals surface area contributed by atoms with Gasteiger partial charge in [-0.25, -0.2) is 9.59 Å². The fraction of sp³-hybridized carbons (Fsp3) is 0.636. The molecule has 0 saturated heterocycles. The van der Waals surface area contributed by atoms with Gasteiger partial charge < -0.3 is 32.3 Å². The topological polar surface area (TPSA) is 185 Å². The smallest absolute Gasteiger partial charge is 0.326 e. The van der Waals surface area contributed by atoms with Crippen molar-refractivity contribution < 1.29 is 29.4 Å². The average molecular weight is 304 g/mol. The van der Waals surface area contributed by atoms with E-state index in [0.29, 0.717) is 6.42 Å². The Bertz CT molecular complexity index is 400. The quantitative estimate of drug-likeness (QED) is 0.257. The molecule has 0 aliphatic carbocycles. The third-order valence-corrected chi connectivity index (χ3v) is 2.59. The van der Waals surface area contributed by atoms with Gasteiger partial charge in [0.15, 0.2) is 0 Å². The third kappa shape index (κ3) is 9.21. The van der Waals surface area contributed by atoms with E-state index in [4.69, 9.17) is 21.7 Å². The Kier molecular flexibility index (Phi) is 8.46. The van der Waals surface area contributed by atoms with Crippen molar-refractivity contribution in [1.29, 1.82) is 0 Å². The van der Waals surface area contributed by atoms with Crippen molar-refractivity contribution in [2.45, 2.75) is 37.8 Å². The molecule has 120 valence electrons. The zero-order valence-corrected chi connectivity index (χ0v) is 11.4. The molecule has 0 saturated carbocycles. The lowest BCUT2D eigenvalue weighted by atomic mass is 10.1. The first-order valence-corrected chi connectivity index (χ1v) is 6.28. The summed E-state index contributed by atoms with van der Waals surface area (Å²) in [4.78, 5) is 43.4. The van der Waals surface area contributed by atoms with Crippen molar-refractivity contribution in [2.75, 3.05) is 6.54 Å². The van der Waals surface area contributed by atoms with Crippen molar-refractivity contribution >= 4 is 23.9 Å². The van der Waals surface area contributed by atoms with Crippen LogP contribution in [0.15, 0.2) is 0 Å². The number of nitrogens with two attached hydrogens (primary N) is 2. The maximum absolute atomic E-state index is 11.7. The summed E-state index contributed by atoms with van der Waals surface area (Å²) in [6, 6.07) is -2.94. The van der Waals surface area contributed by atoms with E-state index >= 15 is 0 Å². The number of urea groups is 1. The molecule has 0 fully saturated rings. The van der Waals surface area contributed by atoms with Crippen LogP contribution in [0, 0.1) is 0 Å². The number of carboxylic acids is 2. The van der Waals surface area contributed by atoms with Gasteiger partial charge in [-0.2, -0.15) is 0 Å². The highest BCUT2D eigenvalue weighted by Crippen LogP contribution is 2.00. The number of aliphatic carboxylic acids is 2. The van der Waals surface area contributed by atoms with E-state index in [1.165, 1.54) is 0 Å². The number of amides is 3. The molecule has 0 aromatic rings. The predicted octanol–water partition coefficient (Wildman–Crippen LogP) is -1.80. The molecule has 0 aromatic heterocycles. The molecule has 2 atom stereocenters. The zero-order valence-electron chi connectivity index (χ0n) is 11.4. The van der Waals surface area contributed by atoms with E-state index in [-0.39, 0.29) is 25.8 Å². The summed E-state index contributed by atoms with van der Waals surface area (Å²) < 4.78 is 0. The maximum Gasteiger partial charge on any atom is 0.326 e. The molecule has 0 rings (SSSR count). The van der Waals surface area contributed by atoms with Gasteiger partial charge in [0.05, 0.1) is 6.04 Å². The Labute approximate surface area is 120 Å². The fourth-order valence-corrected chi connectivity index (χ4v) is 1.47. The summed E-state index contributed by atoms with van der Waals surface area (Å²) in [7, 11) is 0. The minimum atomic E-state index is -1.33. The van der Waals surface area contributed by atoms with Crippen molar-refractivity contribution in [1.82, 2.24) is 10.6 Å². The average Bonchev–Trinajstić information content (AvgIpc) is 2.38. The standard InChI is InChI=1S/C11H20N4O6/c12-6(2-1-5-14-11(13)21)9(18)15-7(10(19)20)3-4-8(16)17/h6-7H,1-5,12H2,(H,15,18)(H,16,17)(H,19,20)(H3,13,14,21)/t6-,7-/m0/s1. The summed E-state index contributed by atoms with van der Waals surface area (Å²) in [5.41, 5.74) is 10.4. The molecule has 0 bridgehead atoms. The van der Waals surface area contributed by atoms with Crippen LogP contribution in [0.2, 0.25) is 0 Å². The molecule has 3 amide bonds. The summed E-state index contributed by atoms with van der Waals surface area (Å²) in [6.45, 7) is 0.248. The molecule has 8 N–H and O–H groups in total. The van der Waals surface area contributed by atoms with Crippen LogP contribution in [-0.2, 0) is 14.4 Å². The number of hydrogen-bond donors (Lipinski definition) is 6. The van der Waals surface area contributed by atoms with E-state index in [2.05, 4.69) is 10.6 Å². The predicted molar refractivity (Wildman–Crippen MR) is 71.2 cm³/mol. The lowest BCUT2D eigenvalue weighted by Gasteiger charge is -2.17. The Morgan fingerprint density at radius 2 is 1.71 bits per heavy atom. The van der Waals surface area contributed by atoms with Crippen molar-refractivity contribution in [2.24, 2.45) is 11.5 Å². The highest BCUT2D eigenvalue weighted by molar-refractivity contribution is 5.87. The molecular weight excluding hydrogens is 284 g/mol. The van der Waals surface area contributed by atoms with E-state index in [0.717, 1.165) is 0 Å². The molecule has 0 radical (unpaired) electrons. The lowest BCUT2D eigenvalue weighted by Crippen LogP contribution is -2.48. The second-order valence-electron chi connectivity index (χ2n) is 4.37. The SMILES string of the molecule is NC(=O)NCCC[C@H](N)C(=O)N[C@@H](CCC(=O)O)C(=O)O. The Morgan fingerprint density at radius 1 is 1.10 bits per heavy atom. The Hall–Kier alpha value is -2.36. The van der Waals surface area contributed by atoms with Crippen LogP contribution in [-0.4, -0.2) is 52.7 Å². The zero-order chi connectivity index (χ0) is 16.4. The van der Waals surface area contributed by atoms with Gasteiger partial charge in [0.25, 0.3) is 0 Å². The summed E-state index contributed by atoms with van der Waals surface area (Å²) in [6.07, 6.45) is 0.00312. The van der Waals surface area contributed by atoms with Gasteiger partial charge in [-0.3, -0.25) is 9.59 Å². The first-order chi connectivity index (χ1) is 9.73. The highest BCUT2D eigenvalue weighted by Gasteiger charge is 2.23. The van der Waals surface area contributed by atoms with E-state index < -0.39 is 36.0 Å². The minimum absolute atomic E-state index is 0.220. The molecular formula is C11H20N4O6. The second-order valence-corrected chi connectivity index (χ2v) is 4.37. The van der Waals surface area contributed by atoms with Crippen LogP contribution in [0.5, 0.6) is 0 Å². The van der Waals surface area contributed by atoms with E-state index in [9.17, 15) is 19.2 Å². The van der Waals surface area contributed by atoms with E-state index in [1.807, 2.05) is 0 Å². The summed E-state index contributed by atoms with van der Waals surface area (Å²) >= 11 is 0. The highest BCUT2D eigenvalue weighted by atomic mass is 16.4. The summed E-state index contributed by atoms with van der Waals surface area (Å²) in [5.74, 6) is -3.17. The molecule has 21 heavy (non-hydrogen) atoms. The molecule has 0 spiro atoms. The van der Waals surface area contributed by atoms with Gasteiger partial charge in [-0.1, -0.05) is 0 Å². The molecule has 0 aliphatic heterocycles. The molecule has 0 aromatic carbocycles. The number of rotatable bonds is 10. The van der Waals surface area contributed by atoms with Gasteiger partial charge >= 0.3 is 18.0 Å². The number of carbonyl (C=O) groups is 4. The normalized spacial score (nSPS) is 13.0. The minimum Gasteiger partial charge on any atom is -0.481 e. The van der Waals surface area contributed by atoms with Gasteiger partial charge in [0.2, 0.25) is 5.91 Å². The van der Waals surface area contributed by atoms with Crippen LogP contribution in [0.3, 0.4) is 0 Å².